The first-order chi connectivity index (χ1) is 10.7. The monoisotopic (exact) mass is 296 g/mol. The first-order valence-electron chi connectivity index (χ1n) is 6.44. The highest BCUT2D eigenvalue weighted by atomic mass is 16.3. The van der Waals surface area contributed by atoms with Crippen molar-refractivity contribution in [1.82, 2.24) is 25.3 Å². The maximum atomic E-state index is 12.1. The predicted molar refractivity (Wildman–Crippen MR) is 77.3 cm³/mol. The van der Waals surface area contributed by atoms with Crippen LogP contribution in [0.1, 0.15) is 16.2 Å². The molecule has 0 aliphatic rings. The van der Waals surface area contributed by atoms with Crippen molar-refractivity contribution in [3.8, 4) is 11.6 Å². The van der Waals surface area contributed by atoms with E-state index in [1.54, 1.807) is 30.6 Å². The molecule has 0 fully saturated rings. The van der Waals surface area contributed by atoms with E-state index in [1.807, 2.05) is 0 Å². The molecule has 0 bridgehead atoms. The zero-order chi connectivity index (χ0) is 15.4. The molecule has 1 amide bonds. The van der Waals surface area contributed by atoms with Crippen molar-refractivity contribution in [3.63, 3.8) is 0 Å². The molecule has 8 nitrogen and oxygen atoms in total. The van der Waals surface area contributed by atoms with Gasteiger partial charge >= 0.3 is 0 Å². The van der Waals surface area contributed by atoms with Crippen LogP contribution < -0.4 is 11.1 Å². The lowest BCUT2D eigenvalue weighted by Gasteiger charge is -2.06. The molecule has 0 aliphatic heterocycles. The van der Waals surface area contributed by atoms with Crippen molar-refractivity contribution >= 4 is 11.7 Å². The van der Waals surface area contributed by atoms with Crippen LogP contribution in [0.4, 0.5) is 5.82 Å². The third-order valence-electron chi connectivity index (χ3n) is 2.83. The second-order valence-corrected chi connectivity index (χ2v) is 4.32. The normalized spacial score (nSPS) is 10.4. The average molecular weight is 296 g/mol. The first-order valence-corrected chi connectivity index (χ1v) is 6.44. The summed E-state index contributed by atoms with van der Waals surface area (Å²) in [5, 5.41) is 2.66. The van der Waals surface area contributed by atoms with E-state index >= 15 is 0 Å². The lowest BCUT2D eigenvalue weighted by atomic mass is 10.2. The van der Waals surface area contributed by atoms with Gasteiger partial charge in [-0.15, -0.1) is 0 Å². The van der Waals surface area contributed by atoms with E-state index in [2.05, 4.69) is 25.3 Å². The molecule has 110 valence electrons. The van der Waals surface area contributed by atoms with E-state index in [-0.39, 0.29) is 17.9 Å². The number of carbonyl (C=O) groups excluding carboxylic acids is 1. The molecule has 3 N–H and O–H groups in total. The number of hydrogen-bond donors (Lipinski definition) is 2. The van der Waals surface area contributed by atoms with E-state index < -0.39 is 5.91 Å². The number of anilines is 1. The number of nitrogen functional groups attached to an aromatic ring is 1. The van der Waals surface area contributed by atoms with Crippen LogP contribution in [-0.2, 0) is 6.54 Å². The number of nitrogens with two attached hydrogens (primary N) is 1. The SMILES string of the molecule is Nc1nc(-c2ccco2)ncc1C(=O)NCc1ncccn1. The molecule has 3 rings (SSSR count). The van der Waals surface area contributed by atoms with Crippen LogP contribution in [0.25, 0.3) is 11.6 Å². The number of nitrogens with one attached hydrogen (secondary N) is 1. The summed E-state index contributed by atoms with van der Waals surface area (Å²) >= 11 is 0. The van der Waals surface area contributed by atoms with Gasteiger partial charge in [-0.05, 0) is 18.2 Å². The molecule has 8 heteroatoms. The zero-order valence-corrected chi connectivity index (χ0v) is 11.4. The fraction of sp³-hybridized carbons (Fsp3) is 0.0714. The molecule has 3 heterocycles. The van der Waals surface area contributed by atoms with Gasteiger partial charge in [0, 0.05) is 18.6 Å². The quantitative estimate of drug-likeness (QED) is 0.738. The predicted octanol–water partition coefficient (Wildman–Crippen LogP) is 1.04. The second kappa shape index (κ2) is 6.00. The molecule has 0 spiro atoms. The van der Waals surface area contributed by atoms with Crippen LogP contribution in [0.2, 0.25) is 0 Å². The average Bonchev–Trinajstić information content (AvgIpc) is 3.08. The molecule has 0 radical (unpaired) electrons. The molecule has 0 unspecified atom stereocenters. The minimum Gasteiger partial charge on any atom is -0.461 e. The zero-order valence-electron chi connectivity index (χ0n) is 11.4. The Hall–Kier alpha value is -3.29. The number of furan rings is 1. The van der Waals surface area contributed by atoms with Gasteiger partial charge in [-0.25, -0.2) is 19.9 Å². The number of hydrogen-bond acceptors (Lipinski definition) is 7. The maximum Gasteiger partial charge on any atom is 0.256 e. The smallest absolute Gasteiger partial charge is 0.256 e. The van der Waals surface area contributed by atoms with E-state index in [0.29, 0.717) is 17.4 Å². The molecule has 3 aromatic rings. The molecule has 3 aromatic heterocycles. The number of rotatable bonds is 4. The Labute approximate surface area is 125 Å². The maximum absolute atomic E-state index is 12.1. The number of carbonyl (C=O) groups is 1. The van der Waals surface area contributed by atoms with Gasteiger partial charge in [0.25, 0.3) is 5.91 Å². The molecular formula is C14H12N6O2. The summed E-state index contributed by atoms with van der Waals surface area (Å²) in [6, 6.07) is 5.13. The molecule has 0 atom stereocenters. The van der Waals surface area contributed by atoms with Crippen molar-refractivity contribution in [2.45, 2.75) is 6.54 Å². The van der Waals surface area contributed by atoms with Crippen LogP contribution in [0, 0.1) is 0 Å². The highest BCUT2D eigenvalue weighted by Crippen LogP contribution is 2.17. The number of nitrogens with zero attached hydrogens (tertiary/aromatic N) is 4. The summed E-state index contributed by atoms with van der Waals surface area (Å²) in [5.41, 5.74) is 6.00. The summed E-state index contributed by atoms with van der Waals surface area (Å²) < 4.78 is 5.18. The van der Waals surface area contributed by atoms with Crippen LogP contribution in [0.3, 0.4) is 0 Å². The Morgan fingerprint density at radius 1 is 1.23 bits per heavy atom. The highest BCUT2D eigenvalue weighted by Gasteiger charge is 2.14. The van der Waals surface area contributed by atoms with E-state index in [9.17, 15) is 4.79 Å². The van der Waals surface area contributed by atoms with Crippen LogP contribution in [0.5, 0.6) is 0 Å². The molecule has 22 heavy (non-hydrogen) atoms. The van der Waals surface area contributed by atoms with Crippen molar-refractivity contribution in [2.24, 2.45) is 0 Å². The minimum absolute atomic E-state index is 0.0767. The van der Waals surface area contributed by atoms with E-state index in [1.165, 1.54) is 12.5 Å². The molecule has 0 saturated carbocycles. The van der Waals surface area contributed by atoms with Gasteiger partial charge in [-0.1, -0.05) is 0 Å². The summed E-state index contributed by atoms with van der Waals surface area (Å²) in [5.74, 6) is 0.994. The molecule has 0 aromatic carbocycles. The summed E-state index contributed by atoms with van der Waals surface area (Å²) in [6.45, 7) is 0.194. The van der Waals surface area contributed by atoms with Gasteiger partial charge in [0.15, 0.2) is 11.6 Å². The lowest BCUT2D eigenvalue weighted by molar-refractivity contribution is 0.0950. The first kappa shape index (κ1) is 13.7. The van der Waals surface area contributed by atoms with E-state index in [0.717, 1.165) is 0 Å². The summed E-state index contributed by atoms with van der Waals surface area (Å²) in [4.78, 5) is 28.3. The second-order valence-electron chi connectivity index (χ2n) is 4.32. The Balaban J connectivity index is 1.73. The van der Waals surface area contributed by atoms with Gasteiger partial charge in [0.1, 0.15) is 11.6 Å². The van der Waals surface area contributed by atoms with Gasteiger partial charge in [0.2, 0.25) is 0 Å². The molecule has 0 saturated heterocycles. The third-order valence-corrected chi connectivity index (χ3v) is 2.83. The van der Waals surface area contributed by atoms with Crippen molar-refractivity contribution in [1.29, 1.82) is 0 Å². The lowest BCUT2D eigenvalue weighted by Crippen LogP contribution is -2.25. The largest absolute Gasteiger partial charge is 0.461 e. The van der Waals surface area contributed by atoms with Crippen molar-refractivity contribution in [2.75, 3.05) is 5.73 Å². The van der Waals surface area contributed by atoms with Crippen LogP contribution in [0.15, 0.2) is 47.5 Å². The Morgan fingerprint density at radius 3 is 2.73 bits per heavy atom. The fourth-order valence-corrected chi connectivity index (χ4v) is 1.77. The Kier molecular flexibility index (Phi) is 3.73. The van der Waals surface area contributed by atoms with Crippen molar-refractivity contribution < 1.29 is 9.21 Å². The fourth-order valence-electron chi connectivity index (χ4n) is 1.77. The standard InChI is InChI=1S/C14H12N6O2/c15-12-9(7-18-13(20-12)10-3-1-6-22-10)14(21)19-8-11-16-4-2-5-17-11/h1-7H,8H2,(H,19,21)(H2,15,18,20). The number of amides is 1. The van der Waals surface area contributed by atoms with E-state index in [4.69, 9.17) is 10.2 Å². The third kappa shape index (κ3) is 2.90. The van der Waals surface area contributed by atoms with Gasteiger partial charge < -0.3 is 15.5 Å². The highest BCUT2D eigenvalue weighted by molar-refractivity contribution is 5.98. The molecule has 0 aliphatic carbocycles. The van der Waals surface area contributed by atoms with Crippen LogP contribution in [-0.4, -0.2) is 25.8 Å². The van der Waals surface area contributed by atoms with Gasteiger partial charge in [-0.3, -0.25) is 4.79 Å². The molecular weight excluding hydrogens is 284 g/mol. The summed E-state index contributed by atoms with van der Waals surface area (Å²) in [6.07, 6.45) is 6.07. The summed E-state index contributed by atoms with van der Waals surface area (Å²) in [7, 11) is 0. The van der Waals surface area contributed by atoms with Crippen LogP contribution >= 0.6 is 0 Å². The van der Waals surface area contributed by atoms with Gasteiger partial charge in [-0.2, -0.15) is 0 Å². The Bertz CT molecular complexity index is 773. The van der Waals surface area contributed by atoms with Gasteiger partial charge in [0.05, 0.1) is 18.4 Å². The minimum atomic E-state index is -0.393. The Morgan fingerprint density at radius 2 is 2.05 bits per heavy atom. The van der Waals surface area contributed by atoms with Crippen molar-refractivity contribution in [3.05, 3.63) is 54.4 Å². The topological polar surface area (TPSA) is 120 Å². The number of aromatic nitrogens is 4.